The SMILES string of the molecule is COc1ccc(-c2cc(NC(=O)CCCN3CCCCCC3)[nH]n2)cc1. The van der Waals surface area contributed by atoms with Gasteiger partial charge in [-0.05, 0) is 63.2 Å². The molecule has 2 heterocycles. The van der Waals surface area contributed by atoms with Crippen LogP contribution in [0.2, 0.25) is 0 Å². The molecule has 0 saturated carbocycles. The van der Waals surface area contributed by atoms with E-state index in [0.29, 0.717) is 12.2 Å². The third-order valence-electron chi connectivity index (χ3n) is 4.81. The zero-order chi connectivity index (χ0) is 18.2. The second-order valence-electron chi connectivity index (χ2n) is 6.80. The smallest absolute Gasteiger partial charge is 0.225 e. The standard InChI is InChI=1S/C20H28N4O2/c1-26-17-10-8-16(9-11-17)18-15-19(23-22-18)21-20(25)7-6-14-24-12-4-2-3-5-13-24/h8-11,15H,2-7,12-14H2,1H3,(H2,21,22,23,25). The van der Waals surface area contributed by atoms with Crippen LogP contribution < -0.4 is 10.1 Å². The van der Waals surface area contributed by atoms with E-state index < -0.39 is 0 Å². The Morgan fingerprint density at radius 1 is 1.19 bits per heavy atom. The summed E-state index contributed by atoms with van der Waals surface area (Å²) in [5.74, 6) is 1.47. The largest absolute Gasteiger partial charge is 0.497 e. The summed E-state index contributed by atoms with van der Waals surface area (Å²) >= 11 is 0. The second-order valence-corrected chi connectivity index (χ2v) is 6.80. The lowest BCUT2D eigenvalue weighted by Gasteiger charge is -2.19. The molecule has 2 aromatic rings. The molecule has 6 heteroatoms. The molecule has 3 rings (SSSR count). The molecule has 1 amide bonds. The van der Waals surface area contributed by atoms with E-state index in [0.717, 1.165) is 30.0 Å². The molecule has 0 unspecified atom stereocenters. The molecule has 1 saturated heterocycles. The molecule has 1 aliphatic rings. The number of aromatic nitrogens is 2. The van der Waals surface area contributed by atoms with Gasteiger partial charge in [0.25, 0.3) is 0 Å². The number of carbonyl (C=O) groups is 1. The van der Waals surface area contributed by atoms with Gasteiger partial charge in [0, 0.05) is 18.1 Å². The van der Waals surface area contributed by atoms with Crippen LogP contribution in [0, 0.1) is 0 Å². The van der Waals surface area contributed by atoms with Crippen LogP contribution in [0.3, 0.4) is 0 Å². The van der Waals surface area contributed by atoms with Gasteiger partial charge in [-0.25, -0.2) is 0 Å². The number of anilines is 1. The van der Waals surface area contributed by atoms with Gasteiger partial charge in [0.2, 0.25) is 5.91 Å². The van der Waals surface area contributed by atoms with Gasteiger partial charge in [-0.3, -0.25) is 9.89 Å². The lowest BCUT2D eigenvalue weighted by molar-refractivity contribution is -0.116. The van der Waals surface area contributed by atoms with Crippen LogP contribution in [0.25, 0.3) is 11.3 Å². The Balaban J connectivity index is 1.44. The van der Waals surface area contributed by atoms with Crippen LogP contribution in [0.15, 0.2) is 30.3 Å². The number of ether oxygens (including phenoxy) is 1. The fraction of sp³-hybridized carbons (Fsp3) is 0.500. The Hall–Kier alpha value is -2.34. The van der Waals surface area contributed by atoms with E-state index in [1.54, 1.807) is 7.11 Å². The van der Waals surface area contributed by atoms with E-state index >= 15 is 0 Å². The van der Waals surface area contributed by atoms with Gasteiger partial charge in [-0.2, -0.15) is 5.10 Å². The lowest BCUT2D eigenvalue weighted by atomic mass is 10.1. The zero-order valence-electron chi connectivity index (χ0n) is 15.5. The Labute approximate surface area is 154 Å². The highest BCUT2D eigenvalue weighted by Crippen LogP contribution is 2.22. The van der Waals surface area contributed by atoms with E-state index in [1.165, 1.54) is 38.8 Å². The summed E-state index contributed by atoms with van der Waals surface area (Å²) in [5.41, 5.74) is 1.77. The molecule has 2 N–H and O–H groups in total. The van der Waals surface area contributed by atoms with Gasteiger partial charge in [0.15, 0.2) is 0 Å². The van der Waals surface area contributed by atoms with Crippen LogP contribution in [0.4, 0.5) is 5.82 Å². The van der Waals surface area contributed by atoms with Crippen LogP contribution in [0.1, 0.15) is 38.5 Å². The van der Waals surface area contributed by atoms with Crippen molar-refractivity contribution >= 4 is 11.7 Å². The molecule has 1 aromatic heterocycles. The number of nitrogens with one attached hydrogen (secondary N) is 2. The monoisotopic (exact) mass is 356 g/mol. The number of methoxy groups -OCH3 is 1. The Morgan fingerprint density at radius 2 is 1.92 bits per heavy atom. The summed E-state index contributed by atoms with van der Waals surface area (Å²) in [4.78, 5) is 14.6. The highest BCUT2D eigenvalue weighted by molar-refractivity contribution is 5.90. The first-order chi connectivity index (χ1) is 12.7. The minimum atomic E-state index is 0.0322. The summed E-state index contributed by atoms with van der Waals surface area (Å²) in [6.45, 7) is 3.36. The number of carbonyl (C=O) groups excluding carboxylic acids is 1. The number of rotatable bonds is 7. The van der Waals surface area contributed by atoms with Crippen LogP contribution in [-0.2, 0) is 4.79 Å². The minimum Gasteiger partial charge on any atom is -0.497 e. The van der Waals surface area contributed by atoms with Crippen molar-refractivity contribution in [1.29, 1.82) is 0 Å². The summed E-state index contributed by atoms with van der Waals surface area (Å²) in [7, 11) is 1.64. The molecular weight excluding hydrogens is 328 g/mol. The molecule has 0 aliphatic carbocycles. The third-order valence-corrected chi connectivity index (χ3v) is 4.81. The number of hydrogen-bond donors (Lipinski definition) is 2. The Morgan fingerprint density at radius 3 is 2.62 bits per heavy atom. The molecule has 1 aromatic carbocycles. The van der Waals surface area contributed by atoms with Gasteiger partial charge < -0.3 is 15.0 Å². The van der Waals surface area contributed by atoms with Crippen molar-refractivity contribution < 1.29 is 9.53 Å². The number of aromatic amines is 1. The number of amides is 1. The number of H-pyrrole nitrogens is 1. The fourth-order valence-corrected chi connectivity index (χ4v) is 3.33. The maximum atomic E-state index is 12.2. The van der Waals surface area contributed by atoms with Crippen LogP contribution in [0.5, 0.6) is 5.75 Å². The van der Waals surface area contributed by atoms with Crippen LogP contribution in [-0.4, -0.2) is 47.7 Å². The van der Waals surface area contributed by atoms with Crippen molar-refractivity contribution in [2.75, 3.05) is 32.1 Å². The minimum absolute atomic E-state index is 0.0322. The predicted molar refractivity (Wildman–Crippen MR) is 103 cm³/mol. The van der Waals surface area contributed by atoms with E-state index in [4.69, 9.17) is 4.74 Å². The van der Waals surface area contributed by atoms with Crippen molar-refractivity contribution in [2.24, 2.45) is 0 Å². The number of benzene rings is 1. The van der Waals surface area contributed by atoms with Crippen LogP contribution >= 0.6 is 0 Å². The van der Waals surface area contributed by atoms with Gasteiger partial charge in [-0.15, -0.1) is 0 Å². The zero-order valence-corrected chi connectivity index (χ0v) is 15.5. The van der Waals surface area contributed by atoms with Crippen molar-refractivity contribution in [2.45, 2.75) is 38.5 Å². The molecule has 1 aliphatic heterocycles. The first-order valence-corrected chi connectivity index (χ1v) is 9.46. The molecule has 140 valence electrons. The fourth-order valence-electron chi connectivity index (χ4n) is 3.33. The van der Waals surface area contributed by atoms with E-state index in [-0.39, 0.29) is 5.91 Å². The highest BCUT2D eigenvalue weighted by Gasteiger charge is 2.11. The van der Waals surface area contributed by atoms with E-state index in [9.17, 15) is 4.79 Å². The van der Waals surface area contributed by atoms with Crippen molar-refractivity contribution in [3.63, 3.8) is 0 Å². The lowest BCUT2D eigenvalue weighted by Crippen LogP contribution is -2.26. The van der Waals surface area contributed by atoms with Crippen molar-refractivity contribution in [3.8, 4) is 17.0 Å². The summed E-state index contributed by atoms with van der Waals surface area (Å²) in [6, 6.07) is 9.54. The molecular formula is C20H28N4O2. The van der Waals surface area contributed by atoms with Gasteiger partial charge in [-0.1, -0.05) is 12.8 Å². The van der Waals surface area contributed by atoms with E-state index in [2.05, 4.69) is 20.4 Å². The molecule has 0 radical (unpaired) electrons. The molecule has 26 heavy (non-hydrogen) atoms. The first-order valence-electron chi connectivity index (χ1n) is 9.46. The second kappa shape index (κ2) is 9.38. The molecule has 1 fully saturated rings. The average molecular weight is 356 g/mol. The molecule has 6 nitrogen and oxygen atoms in total. The molecule has 0 spiro atoms. The quantitative estimate of drug-likeness (QED) is 0.794. The van der Waals surface area contributed by atoms with Crippen molar-refractivity contribution in [1.82, 2.24) is 15.1 Å². The number of nitrogens with zero attached hydrogens (tertiary/aromatic N) is 2. The normalized spacial score (nSPS) is 15.4. The third kappa shape index (κ3) is 5.33. The summed E-state index contributed by atoms with van der Waals surface area (Å²) in [5, 5.41) is 10.1. The number of likely N-dealkylation sites (tertiary alicyclic amines) is 1. The van der Waals surface area contributed by atoms with Gasteiger partial charge in [0.1, 0.15) is 11.6 Å². The Kier molecular flexibility index (Phi) is 6.66. The molecule has 0 bridgehead atoms. The van der Waals surface area contributed by atoms with Gasteiger partial charge in [0.05, 0.1) is 12.8 Å². The maximum Gasteiger partial charge on any atom is 0.225 e. The Bertz CT molecular complexity index is 688. The maximum absolute atomic E-state index is 12.2. The van der Waals surface area contributed by atoms with E-state index in [1.807, 2.05) is 30.3 Å². The van der Waals surface area contributed by atoms with Crippen molar-refractivity contribution in [3.05, 3.63) is 30.3 Å². The highest BCUT2D eigenvalue weighted by atomic mass is 16.5. The van der Waals surface area contributed by atoms with Gasteiger partial charge >= 0.3 is 0 Å². The first kappa shape index (κ1) is 18.5. The molecule has 0 atom stereocenters. The topological polar surface area (TPSA) is 70.2 Å². The average Bonchev–Trinajstić information content (AvgIpc) is 2.96. The predicted octanol–water partition coefficient (Wildman–Crippen LogP) is 3.68. The number of hydrogen-bond acceptors (Lipinski definition) is 4. The summed E-state index contributed by atoms with van der Waals surface area (Å²) in [6.07, 6.45) is 6.68. The summed E-state index contributed by atoms with van der Waals surface area (Å²) < 4.78 is 5.16.